The highest BCUT2D eigenvalue weighted by atomic mass is 32.2. The molecular formula is C21H19N3O4S. The zero-order valence-corrected chi connectivity index (χ0v) is 16.7. The summed E-state index contributed by atoms with van der Waals surface area (Å²) in [6.07, 6.45) is 1.55. The summed E-state index contributed by atoms with van der Waals surface area (Å²) in [5.41, 5.74) is 1.70. The van der Waals surface area contributed by atoms with Crippen LogP contribution in [0, 0.1) is 6.92 Å². The van der Waals surface area contributed by atoms with Crippen molar-refractivity contribution in [3.05, 3.63) is 65.9 Å². The molecule has 1 aliphatic rings. The Morgan fingerprint density at radius 3 is 2.52 bits per heavy atom. The quantitative estimate of drug-likeness (QED) is 0.669. The number of fused-ring (bicyclic) bond motifs is 1. The van der Waals surface area contributed by atoms with Crippen molar-refractivity contribution < 1.29 is 18.0 Å². The number of benzene rings is 2. The lowest BCUT2D eigenvalue weighted by Gasteiger charge is -2.18. The Balaban J connectivity index is 1.82. The summed E-state index contributed by atoms with van der Waals surface area (Å²) >= 11 is 0. The largest absolute Gasteiger partial charge is 0.285 e. The molecule has 1 fully saturated rings. The number of likely N-dealkylation sites (N-methyl/N-ethyl adjacent to an activating group) is 1. The predicted octanol–water partition coefficient (Wildman–Crippen LogP) is 2.82. The first kappa shape index (κ1) is 19.1. The molecule has 2 aromatic carbocycles. The molecule has 0 spiro atoms. The number of rotatable bonds is 4. The van der Waals surface area contributed by atoms with E-state index in [0.717, 1.165) is 10.3 Å². The molecule has 1 unspecified atom stereocenters. The topological polar surface area (TPSA) is 96.4 Å². The molecule has 0 saturated carbocycles. The van der Waals surface area contributed by atoms with Crippen LogP contribution in [0.5, 0.6) is 0 Å². The lowest BCUT2D eigenvalue weighted by molar-refractivity contribution is -0.137. The molecule has 0 aliphatic carbocycles. The number of imide groups is 1. The van der Waals surface area contributed by atoms with Crippen LogP contribution in [-0.4, -0.2) is 37.2 Å². The molecule has 2 amide bonds. The van der Waals surface area contributed by atoms with Gasteiger partial charge in [-0.1, -0.05) is 36.4 Å². The van der Waals surface area contributed by atoms with Crippen molar-refractivity contribution >= 4 is 38.4 Å². The fourth-order valence-corrected chi connectivity index (χ4v) is 5.27. The van der Waals surface area contributed by atoms with Gasteiger partial charge in [0.25, 0.3) is 10.0 Å². The van der Waals surface area contributed by atoms with Crippen molar-refractivity contribution in [2.45, 2.75) is 24.2 Å². The number of nitrogens with zero attached hydrogens (tertiary/aromatic N) is 2. The van der Waals surface area contributed by atoms with Crippen LogP contribution in [0.4, 0.5) is 5.69 Å². The Labute approximate surface area is 168 Å². The number of carbonyl (C=O) groups is 2. The van der Waals surface area contributed by atoms with Crippen LogP contribution in [0.3, 0.4) is 0 Å². The summed E-state index contributed by atoms with van der Waals surface area (Å²) in [6, 6.07) is 13.8. The van der Waals surface area contributed by atoms with Gasteiger partial charge in [-0.25, -0.2) is 8.42 Å². The first-order valence-electron chi connectivity index (χ1n) is 9.06. The number of carbonyl (C=O) groups excluding carboxylic acids is 2. The van der Waals surface area contributed by atoms with E-state index < -0.39 is 21.8 Å². The molecule has 7 nitrogen and oxygen atoms in total. The molecule has 1 aromatic heterocycles. The van der Waals surface area contributed by atoms with Gasteiger partial charge in [0.1, 0.15) is 0 Å². The van der Waals surface area contributed by atoms with Crippen LogP contribution >= 0.6 is 0 Å². The van der Waals surface area contributed by atoms with E-state index in [-0.39, 0.29) is 17.2 Å². The molecule has 2 heterocycles. The molecule has 0 bridgehead atoms. The number of hydrogen-bond donors (Lipinski definition) is 1. The summed E-state index contributed by atoms with van der Waals surface area (Å²) in [5.74, 6) is -1.54. The number of pyridine rings is 1. The zero-order valence-electron chi connectivity index (χ0n) is 15.9. The zero-order chi connectivity index (χ0) is 20.8. The highest BCUT2D eigenvalue weighted by Crippen LogP contribution is 2.35. The highest BCUT2D eigenvalue weighted by molar-refractivity contribution is 7.92. The van der Waals surface area contributed by atoms with Gasteiger partial charge in [0.2, 0.25) is 11.8 Å². The Kier molecular flexibility index (Phi) is 4.58. The molecule has 3 aromatic rings. The van der Waals surface area contributed by atoms with Crippen molar-refractivity contribution in [1.82, 2.24) is 9.88 Å². The van der Waals surface area contributed by atoms with Crippen LogP contribution in [-0.2, 0) is 19.6 Å². The Bertz CT molecular complexity index is 1250. The number of anilines is 1. The van der Waals surface area contributed by atoms with Gasteiger partial charge in [0.15, 0.2) is 0 Å². The standard InChI is InChI=1S/C21H19N3O4S/c1-13-6-3-9-15(16-12-18(25)24(2)21(16)26)20(13)29(27,28)23-17-10-4-7-14-8-5-11-22-19(14)17/h3-11,16,23H,12H2,1-2H3. The van der Waals surface area contributed by atoms with E-state index in [4.69, 9.17) is 0 Å². The van der Waals surface area contributed by atoms with E-state index in [0.29, 0.717) is 22.3 Å². The van der Waals surface area contributed by atoms with E-state index in [9.17, 15) is 18.0 Å². The Hall–Kier alpha value is -3.26. The monoisotopic (exact) mass is 409 g/mol. The summed E-state index contributed by atoms with van der Waals surface area (Å²) in [5, 5.41) is 0.802. The van der Waals surface area contributed by atoms with Crippen molar-refractivity contribution in [2.75, 3.05) is 11.8 Å². The molecule has 8 heteroatoms. The van der Waals surface area contributed by atoms with Gasteiger partial charge < -0.3 is 0 Å². The van der Waals surface area contributed by atoms with E-state index in [1.807, 2.05) is 12.1 Å². The molecule has 1 atom stereocenters. The average molecular weight is 409 g/mol. The van der Waals surface area contributed by atoms with Crippen molar-refractivity contribution in [1.29, 1.82) is 0 Å². The second-order valence-electron chi connectivity index (χ2n) is 7.03. The molecule has 1 N–H and O–H groups in total. The molecular weight excluding hydrogens is 390 g/mol. The molecule has 1 saturated heterocycles. The van der Waals surface area contributed by atoms with E-state index in [1.165, 1.54) is 7.05 Å². The summed E-state index contributed by atoms with van der Waals surface area (Å²) < 4.78 is 29.3. The van der Waals surface area contributed by atoms with Gasteiger partial charge in [-0.3, -0.25) is 24.2 Å². The molecule has 0 radical (unpaired) electrons. The third-order valence-corrected chi connectivity index (χ3v) is 6.73. The molecule has 4 rings (SSSR count). The summed E-state index contributed by atoms with van der Waals surface area (Å²) in [7, 11) is -2.62. The number of nitrogens with one attached hydrogen (secondary N) is 1. The molecule has 1 aliphatic heterocycles. The Morgan fingerprint density at radius 1 is 1.07 bits per heavy atom. The minimum atomic E-state index is -4.03. The summed E-state index contributed by atoms with van der Waals surface area (Å²) in [6.45, 7) is 1.67. The number of hydrogen-bond acceptors (Lipinski definition) is 5. The third-order valence-electron chi connectivity index (χ3n) is 5.15. The number of para-hydroxylation sites is 1. The normalized spacial score (nSPS) is 17.2. The predicted molar refractivity (Wildman–Crippen MR) is 109 cm³/mol. The minimum Gasteiger partial charge on any atom is -0.285 e. The first-order valence-corrected chi connectivity index (χ1v) is 10.5. The van der Waals surface area contributed by atoms with Crippen LogP contribution < -0.4 is 4.72 Å². The number of aromatic nitrogens is 1. The lowest BCUT2D eigenvalue weighted by atomic mass is 9.96. The Morgan fingerprint density at radius 2 is 1.79 bits per heavy atom. The van der Waals surface area contributed by atoms with Crippen LogP contribution in [0.2, 0.25) is 0 Å². The highest BCUT2D eigenvalue weighted by Gasteiger charge is 2.40. The third kappa shape index (κ3) is 3.25. The van der Waals surface area contributed by atoms with Crippen molar-refractivity contribution in [3.8, 4) is 0 Å². The van der Waals surface area contributed by atoms with Gasteiger partial charge in [-0.2, -0.15) is 0 Å². The van der Waals surface area contributed by atoms with Gasteiger partial charge in [0, 0.05) is 25.1 Å². The first-order chi connectivity index (χ1) is 13.8. The maximum atomic E-state index is 13.4. The summed E-state index contributed by atoms with van der Waals surface area (Å²) in [4.78, 5) is 29.9. The van der Waals surface area contributed by atoms with E-state index in [2.05, 4.69) is 9.71 Å². The molecule has 148 valence electrons. The number of sulfonamides is 1. The SMILES string of the molecule is Cc1cccc(C2CC(=O)N(C)C2=O)c1S(=O)(=O)Nc1cccc2cccnc12. The van der Waals surface area contributed by atoms with E-state index in [1.54, 1.807) is 49.5 Å². The fourth-order valence-electron chi connectivity index (χ4n) is 3.70. The van der Waals surface area contributed by atoms with Gasteiger partial charge >= 0.3 is 0 Å². The lowest BCUT2D eigenvalue weighted by Crippen LogP contribution is -2.26. The van der Waals surface area contributed by atoms with E-state index >= 15 is 0 Å². The van der Waals surface area contributed by atoms with Crippen LogP contribution in [0.15, 0.2) is 59.6 Å². The smallest absolute Gasteiger partial charge is 0.262 e. The van der Waals surface area contributed by atoms with Crippen molar-refractivity contribution in [2.24, 2.45) is 0 Å². The minimum absolute atomic E-state index is 0.0226. The second-order valence-corrected chi connectivity index (χ2v) is 8.65. The second kappa shape index (κ2) is 6.97. The molecule has 29 heavy (non-hydrogen) atoms. The van der Waals surface area contributed by atoms with Crippen molar-refractivity contribution in [3.63, 3.8) is 0 Å². The fraction of sp³-hybridized carbons (Fsp3) is 0.190. The maximum Gasteiger partial charge on any atom is 0.262 e. The average Bonchev–Trinajstić information content (AvgIpc) is 2.95. The van der Waals surface area contributed by atoms with Gasteiger partial charge in [0.05, 0.1) is 22.0 Å². The van der Waals surface area contributed by atoms with Gasteiger partial charge in [-0.05, 0) is 30.2 Å². The van der Waals surface area contributed by atoms with Crippen LogP contribution in [0.1, 0.15) is 23.5 Å². The number of likely N-dealkylation sites (tertiary alicyclic amines) is 1. The number of aryl methyl sites for hydroxylation is 1. The van der Waals surface area contributed by atoms with Crippen LogP contribution in [0.25, 0.3) is 10.9 Å². The maximum absolute atomic E-state index is 13.4. The van der Waals surface area contributed by atoms with Gasteiger partial charge in [-0.15, -0.1) is 0 Å². The number of amides is 2.